The minimum Gasteiger partial charge on any atom is -0.389 e. The number of piperidine rings is 1. The maximum Gasteiger partial charge on any atom is 0.0746 e. The molecule has 1 saturated heterocycles. The van der Waals surface area contributed by atoms with Crippen LogP contribution in [0, 0.1) is 5.41 Å². The molecule has 0 aromatic heterocycles. The maximum absolute atomic E-state index is 10.2. The molecule has 106 valence electrons. The van der Waals surface area contributed by atoms with E-state index in [1.54, 1.807) is 0 Å². The number of aliphatic hydroxyl groups is 1. The van der Waals surface area contributed by atoms with Crippen molar-refractivity contribution >= 4 is 15.9 Å². The SMILES string of the molecule is CC1(O)CCCN(CC2(CBr)CCCCCC2)C1. The van der Waals surface area contributed by atoms with Gasteiger partial charge >= 0.3 is 0 Å². The Morgan fingerprint density at radius 2 is 1.72 bits per heavy atom. The highest BCUT2D eigenvalue weighted by Crippen LogP contribution is 2.38. The number of hydrogen-bond acceptors (Lipinski definition) is 2. The Bertz CT molecular complexity index is 259. The van der Waals surface area contributed by atoms with Crippen LogP contribution in [0.25, 0.3) is 0 Å². The third-order valence-corrected chi connectivity index (χ3v) is 5.95. The van der Waals surface area contributed by atoms with Crippen LogP contribution in [0.4, 0.5) is 0 Å². The lowest BCUT2D eigenvalue weighted by atomic mass is 9.81. The lowest BCUT2D eigenvalue weighted by Gasteiger charge is -2.42. The summed E-state index contributed by atoms with van der Waals surface area (Å²) in [6.07, 6.45) is 10.4. The smallest absolute Gasteiger partial charge is 0.0746 e. The van der Waals surface area contributed by atoms with Gasteiger partial charge in [0.15, 0.2) is 0 Å². The number of nitrogens with zero attached hydrogens (tertiary/aromatic N) is 1. The van der Waals surface area contributed by atoms with Gasteiger partial charge < -0.3 is 5.11 Å². The number of halogens is 1. The van der Waals surface area contributed by atoms with Gasteiger partial charge in [-0.3, -0.25) is 4.90 Å². The van der Waals surface area contributed by atoms with E-state index in [1.165, 1.54) is 51.6 Å². The van der Waals surface area contributed by atoms with E-state index in [9.17, 15) is 5.11 Å². The summed E-state index contributed by atoms with van der Waals surface area (Å²) < 4.78 is 0. The molecule has 2 fully saturated rings. The normalized spacial score (nSPS) is 34.2. The van der Waals surface area contributed by atoms with E-state index >= 15 is 0 Å². The van der Waals surface area contributed by atoms with Crippen molar-refractivity contribution in [3.8, 4) is 0 Å². The molecule has 0 radical (unpaired) electrons. The summed E-state index contributed by atoms with van der Waals surface area (Å²) in [5, 5.41) is 11.4. The zero-order chi connectivity index (χ0) is 13.1. The third kappa shape index (κ3) is 3.94. The van der Waals surface area contributed by atoms with Crippen molar-refractivity contribution in [1.82, 2.24) is 4.90 Å². The second-order valence-corrected chi connectivity index (χ2v) is 7.42. The summed E-state index contributed by atoms with van der Waals surface area (Å²) in [6.45, 7) is 5.20. The highest BCUT2D eigenvalue weighted by molar-refractivity contribution is 9.09. The molecule has 18 heavy (non-hydrogen) atoms. The fraction of sp³-hybridized carbons (Fsp3) is 1.00. The molecule has 2 aliphatic rings. The molecule has 2 rings (SSSR count). The first-order valence-electron chi connectivity index (χ1n) is 7.56. The van der Waals surface area contributed by atoms with E-state index in [0.717, 1.165) is 24.7 Å². The van der Waals surface area contributed by atoms with Crippen molar-refractivity contribution in [1.29, 1.82) is 0 Å². The van der Waals surface area contributed by atoms with Crippen molar-refractivity contribution < 1.29 is 5.11 Å². The van der Waals surface area contributed by atoms with Gasteiger partial charge in [-0.25, -0.2) is 0 Å². The van der Waals surface area contributed by atoms with Gasteiger partial charge in [0.2, 0.25) is 0 Å². The van der Waals surface area contributed by atoms with Gasteiger partial charge in [0.25, 0.3) is 0 Å². The molecule has 0 spiro atoms. The molecule has 3 heteroatoms. The zero-order valence-corrected chi connectivity index (χ0v) is 13.3. The lowest BCUT2D eigenvalue weighted by molar-refractivity contribution is -0.0278. The van der Waals surface area contributed by atoms with Crippen LogP contribution in [0.3, 0.4) is 0 Å². The summed E-state index contributed by atoms with van der Waals surface area (Å²) in [6, 6.07) is 0. The summed E-state index contributed by atoms with van der Waals surface area (Å²) >= 11 is 3.77. The van der Waals surface area contributed by atoms with Crippen LogP contribution < -0.4 is 0 Å². The quantitative estimate of drug-likeness (QED) is 0.635. The monoisotopic (exact) mass is 317 g/mol. The third-order valence-electron chi connectivity index (χ3n) is 4.76. The van der Waals surface area contributed by atoms with Crippen LogP contribution >= 0.6 is 15.9 Å². The first-order valence-corrected chi connectivity index (χ1v) is 8.68. The first kappa shape index (κ1) is 14.8. The Morgan fingerprint density at radius 1 is 1.06 bits per heavy atom. The van der Waals surface area contributed by atoms with E-state index in [4.69, 9.17) is 0 Å². The zero-order valence-electron chi connectivity index (χ0n) is 11.8. The van der Waals surface area contributed by atoms with E-state index in [0.29, 0.717) is 5.41 Å². The van der Waals surface area contributed by atoms with Crippen LogP contribution in [0.5, 0.6) is 0 Å². The second kappa shape index (κ2) is 6.23. The van der Waals surface area contributed by atoms with E-state index in [2.05, 4.69) is 20.8 Å². The van der Waals surface area contributed by atoms with E-state index < -0.39 is 5.60 Å². The maximum atomic E-state index is 10.2. The van der Waals surface area contributed by atoms with Gasteiger partial charge in [0.1, 0.15) is 0 Å². The molecular weight excluding hydrogens is 290 g/mol. The molecule has 0 amide bonds. The molecule has 0 aromatic carbocycles. The van der Waals surface area contributed by atoms with Crippen LogP contribution in [0.15, 0.2) is 0 Å². The number of alkyl halides is 1. The number of β-amino-alcohol motifs (C(OH)–C–C–N with tert-alkyl or cyclic N) is 1. The van der Waals surface area contributed by atoms with Gasteiger partial charge in [0, 0.05) is 18.4 Å². The molecule has 1 atom stereocenters. The largest absolute Gasteiger partial charge is 0.389 e. The van der Waals surface area contributed by atoms with Crippen molar-refractivity contribution in [2.24, 2.45) is 5.41 Å². The molecule has 0 bridgehead atoms. The van der Waals surface area contributed by atoms with Crippen LogP contribution in [-0.4, -0.2) is 40.6 Å². The summed E-state index contributed by atoms with van der Waals surface area (Å²) in [4.78, 5) is 2.51. The number of hydrogen-bond donors (Lipinski definition) is 1. The molecule has 1 saturated carbocycles. The minimum absolute atomic E-state index is 0.462. The van der Waals surface area contributed by atoms with Crippen molar-refractivity contribution in [2.45, 2.75) is 63.9 Å². The van der Waals surface area contributed by atoms with Crippen molar-refractivity contribution in [3.63, 3.8) is 0 Å². The van der Waals surface area contributed by atoms with Crippen LogP contribution in [0.1, 0.15) is 58.3 Å². The molecule has 1 N–H and O–H groups in total. The minimum atomic E-state index is -0.462. The van der Waals surface area contributed by atoms with E-state index in [1.807, 2.05) is 6.92 Å². The Hall–Kier alpha value is 0.400. The number of likely N-dealkylation sites (tertiary alicyclic amines) is 1. The fourth-order valence-electron chi connectivity index (χ4n) is 3.75. The molecule has 1 aliphatic heterocycles. The highest BCUT2D eigenvalue weighted by Gasteiger charge is 2.35. The standard InChI is InChI=1S/C15H28BrNO/c1-14(18)7-6-10-17(12-14)13-15(11-16)8-4-2-3-5-9-15/h18H,2-13H2,1H3. The topological polar surface area (TPSA) is 23.5 Å². The van der Waals surface area contributed by atoms with Gasteiger partial charge in [-0.2, -0.15) is 0 Å². The molecule has 2 nitrogen and oxygen atoms in total. The molecular formula is C15H28BrNO. The molecule has 1 aliphatic carbocycles. The van der Waals surface area contributed by atoms with Gasteiger partial charge in [-0.1, -0.05) is 41.6 Å². The predicted molar refractivity (Wildman–Crippen MR) is 80.2 cm³/mol. The fourth-order valence-corrected chi connectivity index (χ4v) is 4.48. The summed E-state index contributed by atoms with van der Waals surface area (Å²) in [5.41, 5.74) is 0.000399. The van der Waals surface area contributed by atoms with Gasteiger partial charge in [0.05, 0.1) is 5.60 Å². The van der Waals surface area contributed by atoms with Crippen molar-refractivity contribution in [2.75, 3.05) is 25.0 Å². The lowest BCUT2D eigenvalue weighted by Crippen LogP contribution is -2.50. The average Bonchev–Trinajstić information content (AvgIpc) is 2.54. The number of rotatable bonds is 3. The van der Waals surface area contributed by atoms with Crippen LogP contribution in [0.2, 0.25) is 0 Å². The summed E-state index contributed by atoms with van der Waals surface area (Å²) in [5.74, 6) is 0. The summed E-state index contributed by atoms with van der Waals surface area (Å²) in [7, 11) is 0. The Balaban J connectivity index is 1.96. The predicted octanol–water partition coefficient (Wildman–Crippen LogP) is 3.57. The Kier molecular flexibility index (Phi) is 5.13. The Morgan fingerprint density at radius 3 is 2.28 bits per heavy atom. The highest BCUT2D eigenvalue weighted by atomic mass is 79.9. The van der Waals surface area contributed by atoms with Gasteiger partial charge in [-0.05, 0) is 44.6 Å². The average molecular weight is 318 g/mol. The van der Waals surface area contributed by atoms with E-state index in [-0.39, 0.29) is 0 Å². The molecule has 0 aromatic rings. The molecule has 1 unspecified atom stereocenters. The Labute approximate surface area is 120 Å². The van der Waals surface area contributed by atoms with Crippen molar-refractivity contribution in [3.05, 3.63) is 0 Å². The molecule has 1 heterocycles. The first-order chi connectivity index (χ1) is 8.55. The second-order valence-electron chi connectivity index (χ2n) is 6.86. The van der Waals surface area contributed by atoms with Gasteiger partial charge in [-0.15, -0.1) is 0 Å². The van der Waals surface area contributed by atoms with Crippen LogP contribution in [-0.2, 0) is 0 Å².